The van der Waals surface area contributed by atoms with Crippen molar-refractivity contribution < 1.29 is 36.2 Å². The van der Waals surface area contributed by atoms with E-state index in [1.807, 2.05) is 13.8 Å². The molecule has 0 aliphatic carbocycles. The zero-order valence-electron chi connectivity index (χ0n) is 27.7. The van der Waals surface area contributed by atoms with Gasteiger partial charge >= 0.3 is 0 Å². The van der Waals surface area contributed by atoms with Crippen LogP contribution >= 0.6 is 11.6 Å². The van der Waals surface area contributed by atoms with Gasteiger partial charge in [0, 0.05) is 56.6 Å². The Morgan fingerprint density at radius 1 is 1.12 bits per heavy atom. The molecule has 0 fully saturated rings. The van der Waals surface area contributed by atoms with Crippen LogP contribution in [-0.4, -0.2) is 98.2 Å². The number of halogens is 1. The van der Waals surface area contributed by atoms with Gasteiger partial charge in [-0.05, 0) is 75.6 Å². The number of carbonyl (C=O) groups excluding carboxylic acids is 1. The minimum absolute atomic E-state index is 0.0111. The molecule has 3 aromatic rings. The second kappa shape index (κ2) is 16.0. The first-order valence-electron chi connectivity index (χ1n) is 15.7. The number of hydrogen-bond donors (Lipinski definition) is 2. The van der Waals surface area contributed by atoms with Crippen molar-refractivity contribution in [3.63, 3.8) is 0 Å². The first-order valence-corrected chi connectivity index (χ1v) is 19.0. The van der Waals surface area contributed by atoms with Crippen molar-refractivity contribution in [3.05, 3.63) is 65.6 Å². The summed E-state index contributed by atoms with van der Waals surface area (Å²) in [4.78, 5) is 19.8. The minimum atomic E-state index is -4.06. The zero-order chi connectivity index (χ0) is 35.2. The molecule has 0 saturated heterocycles. The second-order valence-electron chi connectivity index (χ2n) is 12.2. The summed E-state index contributed by atoms with van der Waals surface area (Å²) in [5.74, 6) is -0.611. The number of amides is 1. The molecule has 264 valence electrons. The number of imidazole rings is 1. The number of likely N-dealkylation sites (N-methyl/N-ethyl adjacent to an activating group) is 1. The summed E-state index contributed by atoms with van der Waals surface area (Å²) in [6.07, 6.45) is 3.93. The zero-order valence-corrected chi connectivity index (χ0v) is 30.1. The number of aryl methyl sites for hydroxylation is 1. The summed E-state index contributed by atoms with van der Waals surface area (Å²) in [7, 11) is -4.80. The Kier molecular flexibility index (Phi) is 12.5. The topological polar surface area (TPSA) is 160 Å². The van der Waals surface area contributed by atoms with Gasteiger partial charge in [0.1, 0.15) is 5.75 Å². The van der Waals surface area contributed by atoms with Gasteiger partial charge in [-0.1, -0.05) is 18.5 Å². The van der Waals surface area contributed by atoms with Crippen LogP contribution in [0.2, 0.25) is 5.02 Å². The highest BCUT2D eigenvalue weighted by atomic mass is 35.5. The minimum Gasteiger partial charge on any atom is -0.490 e. The molecule has 2 aromatic carbocycles. The first kappa shape index (κ1) is 37.6. The van der Waals surface area contributed by atoms with Gasteiger partial charge in [0.05, 0.1) is 41.6 Å². The van der Waals surface area contributed by atoms with Gasteiger partial charge in [-0.3, -0.25) is 9.52 Å². The molecule has 4 atom stereocenters. The van der Waals surface area contributed by atoms with E-state index in [1.54, 1.807) is 20.0 Å². The molecule has 48 heavy (non-hydrogen) atoms. The number of ether oxygens (including phenoxy) is 2. The predicted molar refractivity (Wildman–Crippen MR) is 182 cm³/mol. The third-order valence-electron chi connectivity index (χ3n) is 8.22. The van der Waals surface area contributed by atoms with E-state index in [9.17, 15) is 26.7 Å². The fourth-order valence-electron chi connectivity index (χ4n) is 5.32. The number of aromatic nitrogens is 2. The molecule has 1 aromatic heterocycles. The SMILES string of the molecule is C[C@@H]1CCCCO[C@@H](CN(C)S(=O)(=O)c2ccc(Cl)cc2)[C@H](C)CN([C@@H](C)CO)C(=O)c2cc(NS(=O)(=O)c3cn(C)cn3)ccc2O1. The van der Waals surface area contributed by atoms with Crippen molar-refractivity contribution in [1.29, 1.82) is 0 Å². The first-order chi connectivity index (χ1) is 22.6. The van der Waals surface area contributed by atoms with Crippen LogP contribution in [0.15, 0.2) is 64.9 Å². The molecular weight excluding hydrogens is 682 g/mol. The molecule has 0 radical (unpaired) electrons. The monoisotopic (exact) mass is 725 g/mol. The largest absolute Gasteiger partial charge is 0.490 e. The molecule has 2 heterocycles. The van der Waals surface area contributed by atoms with E-state index in [0.29, 0.717) is 24.5 Å². The lowest BCUT2D eigenvalue weighted by atomic mass is 10.0. The fraction of sp³-hybridized carbons (Fsp3) is 0.500. The third-order valence-corrected chi connectivity index (χ3v) is 11.6. The average Bonchev–Trinajstić information content (AvgIpc) is 3.49. The van der Waals surface area contributed by atoms with Crippen molar-refractivity contribution in [2.75, 3.05) is 38.1 Å². The van der Waals surface area contributed by atoms with Crippen molar-refractivity contribution in [2.45, 2.75) is 68.2 Å². The smallest absolute Gasteiger partial charge is 0.280 e. The van der Waals surface area contributed by atoms with E-state index in [1.165, 1.54) is 69.7 Å². The number of aliphatic hydroxyl groups is 1. The van der Waals surface area contributed by atoms with Crippen LogP contribution < -0.4 is 9.46 Å². The molecule has 1 aliphatic heterocycles. The number of carbonyl (C=O) groups is 1. The number of fused-ring (bicyclic) bond motifs is 1. The molecule has 0 bridgehead atoms. The number of sulfonamides is 2. The number of anilines is 1. The van der Waals surface area contributed by atoms with Gasteiger partial charge in [0.25, 0.3) is 15.9 Å². The quantitative estimate of drug-likeness (QED) is 0.333. The van der Waals surface area contributed by atoms with Crippen LogP contribution in [-0.2, 0) is 31.8 Å². The Labute approximate surface area is 287 Å². The van der Waals surface area contributed by atoms with E-state index in [-0.39, 0.29) is 58.6 Å². The van der Waals surface area contributed by atoms with E-state index in [4.69, 9.17) is 21.1 Å². The van der Waals surface area contributed by atoms with E-state index < -0.39 is 38.1 Å². The van der Waals surface area contributed by atoms with Crippen LogP contribution in [0.1, 0.15) is 50.4 Å². The normalized spacial score (nSPS) is 20.9. The van der Waals surface area contributed by atoms with Gasteiger partial charge in [-0.15, -0.1) is 0 Å². The van der Waals surface area contributed by atoms with Crippen LogP contribution in [0, 0.1) is 5.92 Å². The second-order valence-corrected chi connectivity index (χ2v) is 16.3. The lowest BCUT2D eigenvalue weighted by Gasteiger charge is -2.35. The van der Waals surface area contributed by atoms with Crippen LogP contribution in [0.4, 0.5) is 5.69 Å². The van der Waals surface area contributed by atoms with E-state index >= 15 is 0 Å². The fourth-order valence-corrected chi connectivity index (χ4v) is 7.66. The number of aliphatic hydroxyl groups excluding tert-OH is 1. The Morgan fingerprint density at radius 3 is 2.48 bits per heavy atom. The number of nitrogens with zero attached hydrogens (tertiary/aromatic N) is 4. The van der Waals surface area contributed by atoms with Gasteiger partial charge < -0.3 is 24.0 Å². The highest BCUT2D eigenvalue weighted by Crippen LogP contribution is 2.30. The highest BCUT2D eigenvalue weighted by Gasteiger charge is 2.32. The van der Waals surface area contributed by atoms with Crippen LogP contribution in [0.3, 0.4) is 0 Å². The Morgan fingerprint density at radius 2 is 1.83 bits per heavy atom. The number of rotatable bonds is 9. The maximum atomic E-state index is 14.3. The van der Waals surface area contributed by atoms with Crippen LogP contribution in [0.25, 0.3) is 0 Å². The molecule has 1 aliphatic rings. The molecular formula is C32H44ClN5O8S2. The Hall–Kier alpha value is -3.21. The van der Waals surface area contributed by atoms with Gasteiger partial charge in [-0.25, -0.2) is 13.4 Å². The molecule has 0 unspecified atom stereocenters. The summed E-state index contributed by atoms with van der Waals surface area (Å²) in [6.45, 7) is 5.56. The summed E-state index contributed by atoms with van der Waals surface area (Å²) in [5.41, 5.74) is 0.234. The lowest BCUT2D eigenvalue weighted by Crippen LogP contribution is -2.48. The lowest BCUT2D eigenvalue weighted by molar-refractivity contribution is -0.00833. The average molecular weight is 726 g/mol. The van der Waals surface area contributed by atoms with Gasteiger partial charge in [-0.2, -0.15) is 12.7 Å². The standard InChI is InChI=1S/C32H44ClN5O8S2/c1-22-17-38(23(2)20-39)32(40)28-16-26(35-47(41,42)31-19-36(4)21-34-31)11-14-29(28)46-24(3)8-6-7-15-45-30(22)18-37(5)48(43,44)27-12-9-25(33)10-13-27/h9-14,16,19,21-24,30,35,39H,6-8,15,17-18,20H2,1-5H3/t22-,23+,24-,30+/m1/s1. The van der Waals surface area contributed by atoms with E-state index in [0.717, 1.165) is 6.42 Å². The summed E-state index contributed by atoms with van der Waals surface area (Å²) >= 11 is 5.97. The molecule has 13 nitrogen and oxygen atoms in total. The van der Waals surface area contributed by atoms with Crippen molar-refractivity contribution >= 4 is 43.2 Å². The summed E-state index contributed by atoms with van der Waals surface area (Å²) < 4.78 is 70.6. The van der Waals surface area contributed by atoms with Gasteiger partial charge in [0.15, 0.2) is 5.03 Å². The Balaban J connectivity index is 1.67. The number of nitrogens with one attached hydrogen (secondary N) is 1. The van der Waals surface area contributed by atoms with Crippen molar-refractivity contribution in [1.82, 2.24) is 18.8 Å². The molecule has 16 heteroatoms. The van der Waals surface area contributed by atoms with Crippen LogP contribution in [0.5, 0.6) is 5.75 Å². The van der Waals surface area contributed by atoms with E-state index in [2.05, 4.69) is 9.71 Å². The Bertz CT molecular complexity index is 1770. The third kappa shape index (κ3) is 9.27. The summed E-state index contributed by atoms with van der Waals surface area (Å²) in [6, 6.07) is 9.76. The summed E-state index contributed by atoms with van der Waals surface area (Å²) in [5, 5.41) is 10.4. The van der Waals surface area contributed by atoms with Gasteiger partial charge in [0.2, 0.25) is 10.0 Å². The number of benzene rings is 2. The molecule has 2 N–H and O–H groups in total. The number of hydrogen-bond acceptors (Lipinski definition) is 9. The molecule has 1 amide bonds. The van der Waals surface area contributed by atoms with Crippen molar-refractivity contribution in [3.8, 4) is 5.75 Å². The predicted octanol–water partition coefficient (Wildman–Crippen LogP) is 3.99. The molecule has 4 rings (SSSR count). The highest BCUT2D eigenvalue weighted by molar-refractivity contribution is 7.92. The maximum absolute atomic E-state index is 14.3. The molecule has 0 saturated carbocycles. The maximum Gasteiger partial charge on any atom is 0.280 e. The molecule has 0 spiro atoms. The van der Waals surface area contributed by atoms with Crippen molar-refractivity contribution in [2.24, 2.45) is 13.0 Å².